The molecule has 0 aliphatic carbocycles. The molecule has 0 radical (unpaired) electrons. The Morgan fingerprint density at radius 3 is 2.50 bits per heavy atom. The third-order valence-electron chi connectivity index (χ3n) is 4.22. The Bertz CT molecular complexity index is 688. The molecule has 3 rings (SSSR count). The largest absolute Gasteiger partial charge is 0.494 e. The Balaban J connectivity index is 1.98. The van der Waals surface area contributed by atoms with Crippen molar-refractivity contribution in [3.05, 3.63) is 35.4 Å². The number of hydrogen-bond donors (Lipinski definition) is 1. The second-order valence-electron chi connectivity index (χ2n) is 5.61. The van der Waals surface area contributed by atoms with Gasteiger partial charge in [-0.05, 0) is 62.1 Å². The number of hydrogen-bond acceptors (Lipinski definition) is 3. The number of anilines is 1. The number of nitrogens with zero attached hydrogens (tertiary/aromatic N) is 2. The monoisotopic (exact) mass is 295 g/mol. The third kappa shape index (κ3) is 2.55. The first kappa shape index (κ1) is 14.5. The molecule has 1 aliphatic heterocycles. The quantitative estimate of drug-likeness (QED) is 0.931. The molecule has 1 aliphatic rings. The lowest BCUT2D eigenvalue weighted by Gasteiger charge is -2.15. The van der Waals surface area contributed by atoms with E-state index in [1.807, 2.05) is 38.1 Å². The van der Waals surface area contributed by atoms with Crippen molar-refractivity contribution in [2.45, 2.75) is 26.7 Å². The number of H-pyrrole nitrogens is 1. The van der Waals surface area contributed by atoms with Gasteiger partial charge in [-0.2, -0.15) is 5.26 Å². The summed E-state index contributed by atoms with van der Waals surface area (Å²) in [6, 6.07) is 10.4. The summed E-state index contributed by atoms with van der Waals surface area (Å²) in [5, 5.41) is 9.52. The van der Waals surface area contributed by atoms with E-state index in [-0.39, 0.29) is 0 Å². The molecule has 2 heterocycles. The van der Waals surface area contributed by atoms with Gasteiger partial charge < -0.3 is 14.6 Å². The van der Waals surface area contributed by atoms with E-state index in [1.165, 1.54) is 12.8 Å². The first-order chi connectivity index (χ1) is 10.7. The van der Waals surface area contributed by atoms with E-state index in [4.69, 9.17) is 4.74 Å². The minimum Gasteiger partial charge on any atom is -0.494 e. The molecule has 1 aromatic carbocycles. The van der Waals surface area contributed by atoms with Gasteiger partial charge >= 0.3 is 0 Å². The molecule has 0 spiro atoms. The minimum atomic E-state index is 0.665. The average Bonchev–Trinajstić information content (AvgIpc) is 3.16. The van der Waals surface area contributed by atoms with Crippen molar-refractivity contribution in [3.8, 4) is 23.1 Å². The Morgan fingerprint density at radius 1 is 1.23 bits per heavy atom. The van der Waals surface area contributed by atoms with Gasteiger partial charge in [0.15, 0.2) is 0 Å². The molecule has 22 heavy (non-hydrogen) atoms. The summed E-state index contributed by atoms with van der Waals surface area (Å²) in [6.07, 6.45) is 2.39. The van der Waals surface area contributed by atoms with Gasteiger partial charge in [0.2, 0.25) is 0 Å². The number of nitrogens with one attached hydrogen (secondary N) is 1. The molecule has 4 heteroatoms. The lowest BCUT2D eigenvalue weighted by molar-refractivity contribution is 0.340. The summed E-state index contributed by atoms with van der Waals surface area (Å²) in [4.78, 5) is 5.75. The second-order valence-corrected chi connectivity index (χ2v) is 5.61. The summed E-state index contributed by atoms with van der Waals surface area (Å²) in [7, 11) is 0. The van der Waals surface area contributed by atoms with Gasteiger partial charge in [0.1, 0.15) is 17.6 Å². The Hall–Kier alpha value is -2.41. The Kier molecular flexibility index (Phi) is 4.06. The van der Waals surface area contributed by atoms with Gasteiger partial charge in [-0.1, -0.05) is 0 Å². The fourth-order valence-corrected chi connectivity index (χ4v) is 3.07. The van der Waals surface area contributed by atoms with E-state index in [9.17, 15) is 5.26 Å². The van der Waals surface area contributed by atoms with Crippen LogP contribution in [-0.2, 0) is 0 Å². The van der Waals surface area contributed by atoms with Gasteiger partial charge in [-0.15, -0.1) is 0 Å². The summed E-state index contributed by atoms with van der Waals surface area (Å²) in [5.41, 5.74) is 3.91. The maximum absolute atomic E-state index is 9.52. The molecule has 4 nitrogen and oxygen atoms in total. The standard InChI is InChI=1S/C18H21N3O/c1-3-22-15-8-6-14(7-9-15)17-13(2)16(12-19)18(20-17)21-10-4-5-11-21/h6-9,20H,3-5,10-11H2,1-2H3. The van der Waals surface area contributed by atoms with Gasteiger partial charge in [0.05, 0.1) is 17.9 Å². The number of aromatic nitrogens is 1. The van der Waals surface area contributed by atoms with Crippen molar-refractivity contribution in [1.29, 1.82) is 5.26 Å². The van der Waals surface area contributed by atoms with Gasteiger partial charge in [-0.3, -0.25) is 0 Å². The fraction of sp³-hybridized carbons (Fsp3) is 0.389. The van der Waals surface area contributed by atoms with Crippen LogP contribution < -0.4 is 9.64 Å². The molecular formula is C18H21N3O. The number of ether oxygens (including phenoxy) is 1. The molecule has 1 saturated heterocycles. The number of rotatable bonds is 4. The number of benzene rings is 1. The average molecular weight is 295 g/mol. The van der Waals surface area contributed by atoms with Crippen LogP contribution in [0, 0.1) is 18.3 Å². The Labute approximate surface area is 131 Å². The van der Waals surface area contributed by atoms with Crippen molar-refractivity contribution >= 4 is 5.82 Å². The van der Waals surface area contributed by atoms with Gasteiger partial charge in [0, 0.05) is 13.1 Å². The lowest BCUT2D eigenvalue weighted by Crippen LogP contribution is -2.18. The van der Waals surface area contributed by atoms with Crippen LogP contribution in [0.3, 0.4) is 0 Å². The van der Waals surface area contributed by atoms with Crippen molar-refractivity contribution in [1.82, 2.24) is 4.98 Å². The van der Waals surface area contributed by atoms with Crippen LogP contribution in [0.5, 0.6) is 5.75 Å². The van der Waals surface area contributed by atoms with Crippen molar-refractivity contribution in [3.63, 3.8) is 0 Å². The molecule has 1 N–H and O–H groups in total. The highest BCUT2D eigenvalue weighted by Crippen LogP contribution is 2.34. The molecule has 0 amide bonds. The predicted octanol–water partition coefficient (Wildman–Crippen LogP) is 3.86. The van der Waals surface area contributed by atoms with E-state index < -0.39 is 0 Å². The maximum Gasteiger partial charge on any atom is 0.124 e. The fourth-order valence-electron chi connectivity index (χ4n) is 3.07. The molecule has 2 aromatic rings. The van der Waals surface area contributed by atoms with Crippen LogP contribution in [0.25, 0.3) is 11.3 Å². The van der Waals surface area contributed by atoms with Crippen molar-refractivity contribution in [2.24, 2.45) is 0 Å². The van der Waals surface area contributed by atoms with E-state index in [0.717, 1.165) is 47.0 Å². The van der Waals surface area contributed by atoms with E-state index in [2.05, 4.69) is 16.0 Å². The highest BCUT2D eigenvalue weighted by molar-refractivity contribution is 5.74. The van der Waals surface area contributed by atoms with Crippen molar-refractivity contribution in [2.75, 3.05) is 24.6 Å². The molecule has 0 bridgehead atoms. The van der Waals surface area contributed by atoms with Crippen LogP contribution in [0.1, 0.15) is 30.9 Å². The third-order valence-corrected chi connectivity index (χ3v) is 4.22. The summed E-state index contributed by atoms with van der Waals surface area (Å²) in [5.74, 6) is 1.84. The zero-order valence-electron chi connectivity index (χ0n) is 13.1. The Morgan fingerprint density at radius 2 is 1.91 bits per heavy atom. The normalized spacial score (nSPS) is 14.1. The molecular weight excluding hydrogens is 274 g/mol. The van der Waals surface area contributed by atoms with Crippen LogP contribution in [0.2, 0.25) is 0 Å². The highest BCUT2D eigenvalue weighted by Gasteiger charge is 2.22. The zero-order valence-corrected chi connectivity index (χ0v) is 13.1. The summed E-state index contributed by atoms with van der Waals surface area (Å²) >= 11 is 0. The second kappa shape index (κ2) is 6.15. The van der Waals surface area contributed by atoms with E-state index >= 15 is 0 Å². The van der Waals surface area contributed by atoms with E-state index in [0.29, 0.717) is 6.61 Å². The predicted molar refractivity (Wildman–Crippen MR) is 88.3 cm³/mol. The molecule has 0 saturated carbocycles. The maximum atomic E-state index is 9.52. The van der Waals surface area contributed by atoms with Gasteiger partial charge in [0.25, 0.3) is 0 Å². The summed E-state index contributed by atoms with van der Waals surface area (Å²) < 4.78 is 5.49. The van der Waals surface area contributed by atoms with Crippen LogP contribution in [0.4, 0.5) is 5.82 Å². The first-order valence-electron chi connectivity index (χ1n) is 7.85. The molecule has 0 atom stereocenters. The molecule has 1 aromatic heterocycles. The highest BCUT2D eigenvalue weighted by atomic mass is 16.5. The topological polar surface area (TPSA) is 52.0 Å². The lowest BCUT2D eigenvalue weighted by atomic mass is 10.1. The van der Waals surface area contributed by atoms with Crippen LogP contribution >= 0.6 is 0 Å². The minimum absolute atomic E-state index is 0.665. The number of aromatic amines is 1. The molecule has 114 valence electrons. The SMILES string of the molecule is CCOc1ccc(-c2[nH]c(N3CCCC3)c(C#N)c2C)cc1. The first-order valence-corrected chi connectivity index (χ1v) is 7.85. The van der Waals surface area contributed by atoms with E-state index in [1.54, 1.807) is 0 Å². The zero-order chi connectivity index (χ0) is 15.5. The molecule has 1 fully saturated rings. The number of nitriles is 1. The van der Waals surface area contributed by atoms with Crippen LogP contribution in [-0.4, -0.2) is 24.7 Å². The van der Waals surface area contributed by atoms with Crippen molar-refractivity contribution < 1.29 is 4.74 Å². The van der Waals surface area contributed by atoms with Crippen LogP contribution in [0.15, 0.2) is 24.3 Å². The smallest absolute Gasteiger partial charge is 0.124 e. The summed E-state index contributed by atoms with van der Waals surface area (Å²) in [6.45, 7) is 6.71. The van der Waals surface area contributed by atoms with Gasteiger partial charge in [-0.25, -0.2) is 0 Å². The molecule has 0 unspecified atom stereocenters.